The highest BCUT2D eigenvalue weighted by atomic mass is 15.1. The number of hydrogen-bond acceptors (Lipinski definition) is 2. The summed E-state index contributed by atoms with van der Waals surface area (Å²) in [5.41, 5.74) is 0. The fraction of sp³-hybridized carbons (Fsp3) is 0.643. The van der Waals surface area contributed by atoms with Gasteiger partial charge in [-0.2, -0.15) is 0 Å². The summed E-state index contributed by atoms with van der Waals surface area (Å²) in [7, 11) is 0. The zero-order valence-corrected chi connectivity index (χ0v) is 10.1. The molecule has 2 aliphatic rings. The highest BCUT2D eigenvalue weighted by molar-refractivity contribution is 5.19. The second kappa shape index (κ2) is 4.83. The molecule has 2 fully saturated rings. The molecule has 1 radical (unpaired) electrons. The predicted octanol–water partition coefficient (Wildman–Crippen LogP) is 2.03. The Morgan fingerprint density at radius 2 is 2.18 bits per heavy atom. The molecule has 1 aliphatic heterocycles. The number of nitrogens with zero attached hydrogens (tertiary/aromatic N) is 2. The zero-order valence-electron chi connectivity index (χ0n) is 10.1. The maximum atomic E-state index is 4.00. The fourth-order valence-electron chi connectivity index (χ4n) is 3.13. The Kier molecular flexibility index (Phi) is 3.04. The molecule has 1 N–H and O–H groups in total. The monoisotopic (exact) mass is 228 g/mol. The van der Waals surface area contributed by atoms with Crippen LogP contribution < -0.4 is 0 Å². The molecule has 3 rings (SSSR count). The van der Waals surface area contributed by atoms with E-state index < -0.39 is 0 Å². The lowest BCUT2D eigenvalue weighted by Crippen LogP contribution is -2.39. The minimum absolute atomic E-state index is 0.718. The van der Waals surface area contributed by atoms with Gasteiger partial charge in [-0.1, -0.05) is 19.3 Å². The van der Waals surface area contributed by atoms with Crippen molar-refractivity contribution in [2.45, 2.75) is 32.1 Å². The Bertz CT molecular complexity index is 412. The van der Waals surface area contributed by atoms with Crippen molar-refractivity contribution in [2.24, 2.45) is 11.8 Å². The van der Waals surface area contributed by atoms with E-state index in [0.29, 0.717) is 0 Å². The Balaban J connectivity index is 1.62. The molecule has 89 valence electrons. The van der Waals surface area contributed by atoms with Crippen LogP contribution in [0.1, 0.15) is 37.9 Å². The van der Waals surface area contributed by atoms with Gasteiger partial charge >= 0.3 is 0 Å². The van der Waals surface area contributed by atoms with Crippen LogP contribution >= 0.6 is 0 Å². The number of imidazole rings is 1. The summed E-state index contributed by atoms with van der Waals surface area (Å²) in [5, 5.41) is 0. The SMILES string of the molecule is C(#CN1CCC2CCCCC2C1)c1n[c]c[nH]1. The Hall–Kier alpha value is -1.43. The number of likely N-dealkylation sites (tertiary alicyclic amines) is 1. The van der Waals surface area contributed by atoms with E-state index in [4.69, 9.17) is 0 Å². The highest BCUT2D eigenvalue weighted by Gasteiger charge is 2.30. The third kappa shape index (κ3) is 2.46. The summed E-state index contributed by atoms with van der Waals surface area (Å²) < 4.78 is 0. The van der Waals surface area contributed by atoms with E-state index in [2.05, 4.69) is 33.0 Å². The van der Waals surface area contributed by atoms with Gasteiger partial charge in [-0.3, -0.25) is 0 Å². The first-order valence-electron chi connectivity index (χ1n) is 6.60. The number of fused-ring (bicyclic) bond motifs is 1. The Morgan fingerprint density at radius 1 is 1.29 bits per heavy atom. The van der Waals surface area contributed by atoms with Crippen molar-refractivity contribution in [1.82, 2.24) is 14.9 Å². The van der Waals surface area contributed by atoms with Gasteiger partial charge in [-0.15, -0.1) is 0 Å². The molecular formula is C14H18N3. The van der Waals surface area contributed by atoms with Crippen LogP contribution in [-0.2, 0) is 0 Å². The number of aromatic nitrogens is 2. The van der Waals surface area contributed by atoms with Crippen molar-refractivity contribution in [3.05, 3.63) is 18.2 Å². The van der Waals surface area contributed by atoms with E-state index in [-0.39, 0.29) is 0 Å². The molecule has 1 aromatic heterocycles. The van der Waals surface area contributed by atoms with Crippen LogP contribution in [-0.4, -0.2) is 28.0 Å². The third-order valence-electron chi connectivity index (χ3n) is 4.07. The first-order valence-corrected chi connectivity index (χ1v) is 6.60. The third-order valence-corrected chi connectivity index (χ3v) is 4.07. The summed E-state index contributed by atoms with van der Waals surface area (Å²) in [6.07, 6.45) is 11.4. The van der Waals surface area contributed by atoms with Crippen LogP contribution in [0, 0.1) is 30.0 Å². The minimum atomic E-state index is 0.718. The fourth-order valence-corrected chi connectivity index (χ4v) is 3.13. The van der Waals surface area contributed by atoms with E-state index in [1.807, 2.05) is 0 Å². The number of rotatable bonds is 0. The van der Waals surface area contributed by atoms with Crippen LogP contribution in [0.3, 0.4) is 0 Å². The van der Waals surface area contributed by atoms with Crippen molar-refractivity contribution >= 4 is 0 Å². The van der Waals surface area contributed by atoms with Crippen molar-refractivity contribution in [3.63, 3.8) is 0 Å². The molecule has 0 aromatic carbocycles. The quantitative estimate of drug-likeness (QED) is 0.689. The van der Waals surface area contributed by atoms with Crippen molar-refractivity contribution in [2.75, 3.05) is 13.1 Å². The van der Waals surface area contributed by atoms with Gasteiger partial charge in [0.15, 0.2) is 5.82 Å². The number of nitrogens with one attached hydrogen (secondary N) is 1. The average Bonchev–Trinajstić information content (AvgIpc) is 2.89. The summed E-state index contributed by atoms with van der Waals surface area (Å²) in [6, 6.07) is 3.23. The lowest BCUT2D eigenvalue weighted by molar-refractivity contribution is 0.124. The first kappa shape index (κ1) is 10.7. The van der Waals surface area contributed by atoms with Crippen molar-refractivity contribution < 1.29 is 0 Å². The number of piperidine rings is 1. The molecule has 2 unspecified atom stereocenters. The highest BCUT2D eigenvalue weighted by Crippen LogP contribution is 2.35. The number of H-pyrrole nitrogens is 1. The molecule has 2 heterocycles. The number of aromatic amines is 1. The predicted molar refractivity (Wildman–Crippen MR) is 65.9 cm³/mol. The molecule has 0 bridgehead atoms. The lowest BCUT2D eigenvalue weighted by Gasteiger charge is -2.39. The molecule has 1 saturated carbocycles. The standard InChI is InChI=1S/C14H18N3/c1-2-4-13-11-17(9-5-12(13)3-1)10-6-14-15-7-8-16-14/h7,12-13H,1-5,9,11H2,(H,15,16). The van der Waals surface area contributed by atoms with Crippen LogP contribution in [0.5, 0.6) is 0 Å². The molecule has 3 heteroatoms. The van der Waals surface area contributed by atoms with Crippen molar-refractivity contribution in [3.8, 4) is 12.0 Å². The molecule has 1 saturated heterocycles. The summed E-state index contributed by atoms with van der Waals surface area (Å²) in [5.74, 6) is 5.64. The molecule has 17 heavy (non-hydrogen) atoms. The van der Waals surface area contributed by atoms with Gasteiger partial charge in [0, 0.05) is 25.3 Å². The van der Waals surface area contributed by atoms with Gasteiger partial charge < -0.3 is 9.88 Å². The topological polar surface area (TPSA) is 31.9 Å². The van der Waals surface area contributed by atoms with E-state index in [9.17, 15) is 0 Å². The van der Waals surface area contributed by atoms with E-state index >= 15 is 0 Å². The van der Waals surface area contributed by atoms with E-state index in [0.717, 1.165) is 30.7 Å². The van der Waals surface area contributed by atoms with Gasteiger partial charge in [0.2, 0.25) is 0 Å². The van der Waals surface area contributed by atoms with Gasteiger partial charge in [0.1, 0.15) is 6.20 Å². The Morgan fingerprint density at radius 3 is 3.00 bits per heavy atom. The van der Waals surface area contributed by atoms with Gasteiger partial charge in [-0.05, 0) is 30.6 Å². The minimum Gasteiger partial charge on any atom is -0.337 e. The number of hydrogen-bond donors (Lipinski definition) is 1. The Labute approximate surface area is 103 Å². The maximum Gasteiger partial charge on any atom is 0.185 e. The molecular weight excluding hydrogens is 210 g/mol. The second-order valence-corrected chi connectivity index (χ2v) is 5.15. The van der Waals surface area contributed by atoms with Crippen LogP contribution in [0.25, 0.3) is 0 Å². The molecule has 0 amide bonds. The lowest BCUT2D eigenvalue weighted by atomic mass is 9.75. The summed E-state index contributed by atoms with van der Waals surface area (Å²) in [6.45, 7) is 2.28. The summed E-state index contributed by atoms with van der Waals surface area (Å²) >= 11 is 0. The van der Waals surface area contributed by atoms with Crippen LogP contribution in [0.4, 0.5) is 0 Å². The van der Waals surface area contributed by atoms with E-state index in [1.54, 1.807) is 6.20 Å². The molecule has 3 nitrogen and oxygen atoms in total. The van der Waals surface area contributed by atoms with Gasteiger partial charge in [-0.25, -0.2) is 4.98 Å². The van der Waals surface area contributed by atoms with E-state index in [1.165, 1.54) is 32.1 Å². The molecule has 0 spiro atoms. The van der Waals surface area contributed by atoms with Crippen molar-refractivity contribution in [1.29, 1.82) is 0 Å². The van der Waals surface area contributed by atoms with Gasteiger partial charge in [0.05, 0.1) is 0 Å². The molecule has 1 aromatic rings. The van der Waals surface area contributed by atoms with Crippen LogP contribution in [0.2, 0.25) is 0 Å². The maximum absolute atomic E-state index is 4.00. The average molecular weight is 228 g/mol. The smallest absolute Gasteiger partial charge is 0.185 e. The van der Waals surface area contributed by atoms with Gasteiger partial charge in [0.25, 0.3) is 0 Å². The first-order chi connectivity index (χ1) is 8.42. The normalized spacial score (nSPS) is 28.1. The summed E-state index contributed by atoms with van der Waals surface area (Å²) in [4.78, 5) is 9.24. The largest absolute Gasteiger partial charge is 0.337 e. The zero-order chi connectivity index (χ0) is 11.5. The molecule has 1 aliphatic carbocycles. The molecule has 2 atom stereocenters. The second-order valence-electron chi connectivity index (χ2n) is 5.15. The van der Waals surface area contributed by atoms with Crippen LogP contribution in [0.15, 0.2) is 6.20 Å².